The Kier molecular flexibility index (Phi) is 5.90. The van der Waals surface area contributed by atoms with Gasteiger partial charge in [-0.2, -0.15) is 0 Å². The Balaban J connectivity index is 1.93. The fraction of sp³-hybridized carbons (Fsp3) is 0.533. The van der Waals surface area contributed by atoms with Crippen LogP contribution in [0.2, 0.25) is 5.02 Å². The van der Waals surface area contributed by atoms with Crippen LogP contribution < -0.4 is 10.1 Å². The minimum absolute atomic E-state index is 0.0715. The fourth-order valence-corrected chi connectivity index (χ4v) is 3.26. The lowest BCUT2D eigenvalue weighted by Gasteiger charge is -2.22. The van der Waals surface area contributed by atoms with Crippen molar-refractivity contribution in [2.75, 3.05) is 7.11 Å². The Hall–Kier alpha value is -0.780. The summed E-state index contributed by atoms with van der Waals surface area (Å²) < 4.78 is 11.8. The lowest BCUT2D eigenvalue weighted by atomic mass is 10.2. The number of carbonyl (C=O) groups excluding carboxylic acids is 1. The molecule has 0 aliphatic heterocycles. The summed E-state index contributed by atoms with van der Waals surface area (Å²) in [4.78, 5) is 12.2. The molecule has 2 rings (SSSR count). The molecule has 3 atom stereocenters. The summed E-state index contributed by atoms with van der Waals surface area (Å²) in [6.45, 7) is 1.73. The first kappa shape index (κ1) is 16.6. The van der Waals surface area contributed by atoms with Crippen molar-refractivity contribution in [3.05, 3.63) is 27.7 Å². The van der Waals surface area contributed by atoms with E-state index < -0.39 is 6.10 Å². The van der Waals surface area contributed by atoms with Gasteiger partial charge in [0, 0.05) is 12.1 Å². The molecule has 116 valence electrons. The zero-order chi connectivity index (χ0) is 15.4. The molecule has 0 radical (unpaired) electrons. The number of methoxy groups -OCH3 is 1. The molecule has 1 aromatic carbocycles. The summed E-state index contributed by atoms with van der Waals surface area (Å²) in [6.07, 6.45) is 2.52. The van der Waals surface area contributed by atoms with E-state index in [9.17, 15) is 4.79 Å². The molecule has 0 aromatic heterocycles. The quantitative estimate of drug-likeness (QED) is 0.855. The zero-order valence-electron chi connectivity index (χ0n) is 12.1. The topological polar surface area (TPSA) is 47.6 Å². The van der Waals surface area contributed by atoms with Crippen LogP contribution in [0.4, 0.5) is 0 Å². The molecule has 0 heterocycles. The van der Waals surface area contributed by atoms with Crippen LogP contribution >= 0.6 is 27.5 Å². The van der Waals surface area contributed by atoms with Gasteiger partial charge in [0.05, 0.1) is 16.6 Å². The highest BCUT2D eigenvalue weighted by Gasteiger charge is 2.30. The van der Waals surface area contributed by atoms with Gasteiger partial charge in [-0.1, -0.05) is 11.6 Å². The van der Waals surface area contributed by atoms with Crippen LogP contribution in [0, 0.1) is 0 Å². The molecular formula is C15H19BrClNO3. The number of nitrogens with one attached hydrogen (secondary N) is 1. The molecule has 1 aliphatic rings. The highest BCUT2D eigenvalue weighted by molar-refractivity contribution is 9.10. The lowest BCUT2D eigenvalue weighted by Crippen LogP contribution is -2.46. The van der Waals surface area contributed by atoms with E-state index in [1.807, 2.05) is 0 Å². The standard InChI is InChI=1S/C15H19BrClNO3/c1-9(21-13-7-6-10(17)8-11(13)16)15(19)18-12-4-3-5-14(12)20-2/h6-9,12,14H,3-5H2,1-2H3,(H,18,19)/t9?,12-,14-/m1/s1. The number of rotatable bonds is 5. The summed E-state index contributed by atoms with van der Waals surface area (Å²) in [6, 6.07) is 5.27. The van der Waals surface area contributed by atoms with Crippen molar-refractivity contribution in [2.45, 2.75) is 44.4 Å². The normalized spacial score (nSPS) is 22.9. The van der Waals surface area contributed by atoms with Gasteiger partial charge in [-0.25, -0.2) is 0 Å². The monoisotopic (exact) mass is 375 g/mol. The predicted molar refractivity (Wildman–Crippen MR) is 85.8 cm³/mol. The van der Waals surface area contributed by atoms with Crippen LogP contribution in [0.25, 0.3) is 0 Å². The highest BCUT2D eigenvalue weighted by Crippen LogP contribution is 2.29. The number of carbonyl (C=O) groups is 1. The summed E-state index contributed by atoms with van der Waals surface area (Å²) in [5.41, 5.74) is 0. The molecule has 1 unspecified atom stereocenters. The molecule has 1 amide bonds. The van der Waals surface area contributed by atoms with E-state index in [1.54, 1.807) is 32.2 Å². The van der Waals surface area contributed by atoms with Gasteiger partial charge in [0.25, 0.3) is 5.91 Å². The number of amides is 1. The SMILES string of the molecule is CO[C@@H]1CCC[C@H]1NC(=O)C(C)Oc1ccc(Cl)cc1Br. The molecule has 0 bridgehead atoms. The number of hydrogen-bond acceptors (Lipinski definition) is 3. The van der Waals surface area contributed by atoms with Crippen molar-refractivity contribution in [1.82, 2.24) is 5.32 Å². The van der Waals surface area contributed by atoms with Crippen LogP contribution in [0.1, 0.15) is 26.2 Å². The van der Waals surface area contributed by atoms with Gasteiger partial charge in [-0.15, -0.1) is 0 Å². The summed E-state index contributed by atoms with van der Waals surface area (Å²) >= 11 is 9.26. The predicted octanol–water partition coefficient (Wildman–Crippen LogP) is 3.55. The summed E-state index contributed by atoms with van der Waals surface area (Å²) in [5, 5.41) is 3.61. The van der Waals surface area contributed by atoms with Gasteiger partial charge in [0.1, 0.15) is 5.75 Å². The maximum Gasteiger partial charge on any atom is 0.261 e. The van der Waals surface area contributed by atoms with Crippen molar-refractivity contribution in [2.24, 2.45) is 0 Å². The molecule has 1 N–H and O–H groups in total. The second-order valence-electron chi connectivity index (χ2n) is 5.15. The minimum Gasteiger partial charge on any atom is -0.480 e. The second-order valence-corrected chi connectivity index (χ2v) is 6.45. The van der Waals surface area contributed by atoms with Crippen molar-refractivity contribution in [3.8, 4) is 5.75 Å². The molecule has 1 aromatic rings. The van der Waals surface area contributed by atoms with E-state index in [0.717, 1.165) is 23.7 Å². The number of benzene rings is 1. The van der Waals surface area contributed by atoms with Crippen molar-refractivity contribution in [1.29, 1.82) is 0 Å². The van der Waals surface area contributed by atoms with Gasteiger partial charge < -0.3 is 14.8 Å². The van der Waals surface area contributed by atoms with Crippen molar-refractivity contribution < 1.29 is 14.3 Å². The van der Waals surface area contributed by atoms with Gasteiger partial charge in [0.2, 0.25) is 0 Å². The Morgan fingerprint density at radius 2 is 2.24 bits per heavy atom. The Bertz CT molecular complexity index is 512. The van der Waals surface area contributed by atoms with E-state index in [1.165, 1.54) is 0 Å². The Morgan fingerprint density at radius 1 is 1.48 bits per heavy atom. The van der Waals surface area contributed by atoms with Gasteiger partial charge >= 0.3 is 0 Å². The van der Waals surface area contributed by atoms with Crippen molar-refractivity contribution >= 4 is 33.4 Å². The maximum absolute atomic E-state index is 12.2. The molecule has 1 fully saturated rings. The van der Waals surface area contributed by atoms with E-state index >= 15 is 0 Å². The third-order valence-corrected chi connectivity index (χ3v) is 4.50. The average Bonchev–Trinajstić information content (AvgIpc) is 2.89. The molecule has 0 saturated heterocycles. The van der Waals surface area contributed by atoms with Crippen LogP contribution in [-0.2, 0) is 9.53 Å². The second kappa shape index (κ2) is 7.47. The van der Waals surface area contributed by atoms with Crippen LogP contribution in [-0.4, -0.2) is 31.3 Å². The van der Waals surface area contributed by atoms with Crippen LogP contribution in [0.3, 0.4) is 0 Å². The number of hydrogen-bond donors (Lipinski definition) is 1. The van der Waals surface area contributed by atoms with Gasteiger partial charge in [0.15, 0.2) is 6.10 Å². The van der Waals surface area contributed by atoms with Gasteiger partial charge in [-0.05, 0) is 60.3 Å². The first-order chi connectivity index (χ1) is 10.0. The zero-order valence-corrected chi connectivity index (χ0v) is 14.4. The summed E-state index contributed by atoms with van der Waals surface area (Å²) in [5.74, 6) is 0.461. The Morgan fingerprint density at radius 3 is 2.90 bits per heavy atom. The third kappa shape index (κ3) is 4.34. The highest BCUT2D eigenvalue weighted by atomic mass is 79.9. The largest absolute Gasteiger partial charge is 0.480 e. The average molecular weight is 377 g/mol. The van der Waals surface area contributed by atoms with Crippen molar-refractivity contribution in [3.63, 3.8) is 0 Å². The molecular weight excluding hydrogens is 358 g/mol. The van der Waals surface area contributed by atoms with E-state index in [2.05, 4.69) is 21.2 Å². The minimum atomic E-state index is -0.583. The first-order valence-corrected chi connectivity index (χ1v) is 8.13. The molecule has 4 nitrogen and oxygen atoms in total. The first-order valence-electron chi connectivity index (χ1n) is 6.96. The Labute approximate surface area is 138 Å². The number of halogens is 2. The molecule has 0 spiro atoms. The smallest absolute Gasteiger partial charge is 0.261 e. The third-order valence-electron chi connectivity index (χ3n) is 3.65. The fourth-order valence-electron chi connectivity index (χ4n) is 2.49. The molecule has 1 saturated carbocycles. The van der Waals surface area contributed by atoms with E-state index in [-0.39, 0.29) is 18.1 Å². The van der Waals surface area contributed by atoms with Gasteiger partial charge in [-0.3, -0.25) is 4.79 Å². The maximum atomic E-state index is 12.2. The summed E-state index contributed by atoms with van der Waals surface area (Å²) in [7, 11) is 1.68. The molecule has 6 heteroatoms. The lowest BCUT2D eigenvalue weighted by molar-refractivity contribution is -0.128. The van der Waals surface area contributed by atoms with E-state index in [0.29, 0.717) is 10.8 Å². The van der Waals surface area contributed by atoms with Crippen LogP contribution in [0.5, 0.6) is 5.75 Å². The number of ether oxygens (including phenoxy) is 2. The van der Waals surface area contributed by atoms with Crippen LogP contribution in [0.15, 0.2) is 22.7 Å². The molecule has 1 aliphatic carbocycles. The van der Waals surface area contributed by atoms with E-state index in [4.69, 9.17) is 21.1 Å². The molecule has 21 heavy (non-hydrogen) atoms.